The van der Waals surface area contributed by atoms with Gasteiger partial charge in [-0.2, -0.15) is 5.26 Å². The lowest BCUT2D eigenvalue weighted by Gasteiger charge is -2.07. The number of nitrogens with zero attached hydrogens (tertiary/aromatic N) is 1. The molecule has 1 saturated carbocycles. The van der Waals surface area contributed by atoms with Crippen LogP contribution in [-0.4, -0.2) is 0 Å². The molecule has 0 atom stereocenters. The number of nitrogens with two attached hydrogens (primary N) is 1. The van der Waals surface area contributed by atoms with Gasteiger partial charge in [-0.1, -0.05) is 35.3 Å². The van der Waals surface area contributed by atoms with E-state index in [-0.39, 0.29) is 17.9 Å². The Hall–Kier alpha value is -1.24. The second kappa shape index (κ2) is 7.68. The van der Waals surface area contributed by atoms with E-state index in [4.69, 9.17) is 34.2 Å². The van der Waals surface area contributed by atoms with E-state index in [9.17, 15) is 0 Å². The van der Waals surface area contributed by atoms with Crippen molar-refractivity contribution in [2.24, 2.45) is 5.73 Å². The molecule has 5 heteroatoms. The van der Waals surface area contributed by atoms with Gasteiger partial charge in [0, 0.05) is 15.6 Å². The van der Waals surface area contributed by atoms with Gasteiger partial charge in [-0.05, 0) is 54.8 Å². The third-order valence-corrected chi connectivity index (χ3v) is 3.69. The van der Waals surface area contributed by atoms with Crippen molar-refractivity contribution < 1.29 is 0 Å². The fourth-order valence-corrected chi connectivity index (χ4v) is 1.98. The van der Waals surface area contributed by atoms with Crippen LogP contribution in [0.2, 0.25) is 10.0 Å². The van der Waals surface area contributed by atoms with E-state index in [1.54, 1.807) is 24.3 Å². The molecular formula is C16H15Cl3N2. The van der Waals surface area contributed by atoms with Gasteiger partial charge in [-0.25, -0.2) is 0 Å². The molecular weight excluding hydrogens is 327 g/mol. The van der Waals surface area contributed by atoms with Crippen molar-refractivity contribution in [1.29, 1.82) is 5.26 Å². The molecule has 2 aromatic rings. The van der Waals surface area contributed by atoms with Crippen LogP contribution < -0.4 is 5.73 Å². The minimum Gasteiger partial charge on any atom is -0.321 e. The van der Waals surface area contributed by atoms with E-state index in [0.717, 1.165) is 17.9 Å². The molecule has 0 radical (unpaired) electrons. The lowest BCUT2D eigenvalue weighted by molar-refractivity contribution is 0.740. The van der Waals surface area contributed by atoms with Gasteiger partial charge in [-0.15, -0.1) is 12.4 Å². The predicted octanol–water partition coefficient (Wildman–Crippen LogP) is 4.92. The molecule has 0 heterocycles. The molecule has 1 aliphatic carbocycles. The van der Waals surface area contributed by atoms with E-state index >= 15 is 0 Å². The first-order valence-corrected chi connectivity index (χ1v) is 7.00. The maximum absolute atomic E-state index is 8.34. The highest BCUT2D eigenvalue weighted by Gasteiger charge is 2.39. The van der Waals surface area contributed by atoms with Gasteiger partial charge in [0.25, 0.3) is 0 Å². The Morgan fingerprint density at radius 2 is 1.33 bits per heavy atom. The Kier molecular flexibility index (Phi) is 6.51. The van der Waals surface area contributed by atoms with Crippen LogP contribution in [0.15, 0.2) is 48.5 Å². The molecule has 0 aromatic heterocycles. The fourth-order valence-electron chi connectivity index (χ4n) is 1.73. The van der Waals surface area contributed by atoms with Gasteiger partial charge in [0.15, 0.2) is 0 Å². The Morgan fingerprint density at radius 1 is 0.905 bits per heavy atom. The molecule has 110 valence electrons. The van der Waals surface area contributed by atoms with Gasteiger partial charge in [0.1, 0.15) is 0 Å². The smallest absolute Gasteiger partial charge is 0.0991 e. The van der Waals surface area contributed by atoms with Crippen LogP contribution in [-0.2, 0) is 5.54 Å². The van der Waals surface area contributed by atoms with Crippen LogP contribution in [0.5, 0.6) is 0 Å². The Balaban J connectivity index is 0.000000205. The maximum Gasteiger partial charge on any atom is 0.0991 e. The van der Waals surface area contributed by atoms with Crippen LogP contribution in [0, 0.1) is 11.3 Å². The van der Waals surface area contributed by atoms with Crippen molar-refractivity contribution in [2.45, 2.75) is 18.4 Å². The van der Waals surface area contributed by atoms with E-state index in [2.05, 4.69) is 0 Å². The maximum atomic E-state index is 8.34. The van der Waals surface area contributed by atoms with Gasteiger partial charge in [-0.3, -0.25) is 0 Å². The molecule has 0 aliphatic heterocycles. The number of benzene rings is 2. The van der Waals surface area contributed by atoms with Gasteiger partial charge < -0.3 is 5.73 Å². The molecule has 0 spiro atoms. The van der Waals surface area contributed by atoms with Crippen molar-refractivity contribution >= 4 is 35.6 Å². The van der Waals surface area contributed by atoms with Crippen LogP contribution in [0.4, 0.5) is 0 Å². The molecule has 2 nitrogen and oxygen atoms in total. The zero-order valence-corrected chi connectivity index (χ0v) is 13.6. The quantitative estimate of drug-likeness (QED) is 0.800. The van der Waals surface area contributed by atoms with Crippen molar-refractivity contribution in [1.82, 2.24) is 0 Å². The molecule has 1 aliphatic rings. The number of nitriles is 1. The first-order chi connectivity index (χ1) is 9.53. The largest absolute Gasteiger partial charge is 0.321 e. The lowest BCUT2D eigenvalue weighted by Crippen LogP contribution is -2.18. The van der Waals surface area contributed by atoms with E-state index in [0.29, 0.717) is 10.6 Å². The highest BCUT2D eigenvalue weighted by atomic mass is 35.5. The summed E-state index contributed by atoms with van der Waals surface area (Å²) in [6, 6.07) is 16.6. The molecule has 3 rings (SSSR count). The summed E-state index contributed by atoms with van der Waals surface area (Å²) in [4.78, 5) is 0. The number of halogens is 3. The molecule has 21 heavy (non-hydrogen) atoms. The number of rotatable bonds is 1. The Bertz CT molecular complexity index is 611. The minimum atomic E-state index is -0.0232. The highest BCUT2D eigenvalue weighted by molar-refractivity contribution is 6.30. The summed E-state index contributed by atoms with van der Waals surface area (Å²) in [5, 5.41) is 9.77. The van der Waals surface area contributed by atoms with Crippen LogP contribution >= 0.6 is 35.6 Å². The standard InChI is InChI=1S/C9H10ClN.C7H4ClN.ClH/c10-8-3-1-7(2-4-8)9(11)5-6-9;8-7-3-1-6(5-9)2-4-7;/h1-4H,5-6,11H2;1-4H;1H. The average Bonchev–Trinajstić information content (AvgIpc) is 3.20. The zero-order valence-electron chi connectivity index (χ0n) is 11.2. The first-order valence-electron chi connectivity index (χ1n) is 6.24. The molecule has 0 bridgehead atoms. The second-order valence-corrected chi connectivity index (χ2v) is 5.65. The monoisotopic (exact) mass is 340 g/mol. The average molecular weight is 342 g/mol. The van der Waals surface area contributed by atoms with Gasteiger partial charge in [0.05, 0.1) is 11.6 Å². The Morgan fingerprint density at radius 3 is 1.71 bits per heavy atom. The van der Waals surface area contributed by atoms with E-state index in [1.165, 1.54) is 5.56 Å². The summed E-state index contributed by atoms with van der Waals surface area (Å²) in [7, 11) is 0. The molecule has 0 amide bonds. The summed E-state index contributed by atoms with van der Waals surface area (Å²) in [6.45, 7) is 0. The SMILES string of the molecule is Cl.N#Cc1ccc(Cl)cc1.NC1(c2ccc(Cl)cc2)CC1. The third kappa shape index (κ3) is 5.22. The van der Waals surface area contributed by atoms with Crippen LogP contribution in [0.3, 0.4) is 0 Å². The van der Waals surface area contributed by atoms with Crippen LogP contribution in [0.1, 0.15) is 24.0 Å². The summed E-state index contributed by atoms with van der Waals surface area (Å²) >= 11 is 11.3. The van der Waals surface area contributed by atoms with Crippen molar-refractivity contribution in [3.05, 3.63) is 69.7 Å². The van der Waals surface area contributed by atoms with Crippen LogP contribution in [0.25, 0.3) is 0 Å². The third-order valence-electron chi connectivity index (χ3n) is 3.18. The van der Waals surface area contributed by atoms with Gasteiger partial charge >= 0.3 is 0 Å². The summed E-state index contributed by atoms with van der Waals surface area (Å²) in [5.74, 6) is 0. The van der Waals surface area contributed by atoms with Gasteiger partial charge in [0.2, 0.25) is 0 Å². The van der Waals surface area contributed by atoms with Crippen molar-refractivity contribution in [3.63, 3.8) is 0 Å². The molecule has 1 fully saturated rings. The normalized spacial score (nSPS) is 14.0. The topological polar surface area (TPSA) is 49.8 Å². The van der Waals surface area contributed by atoms with E-state index < -0.39 is 0 Å². The summed E-state index contributed by atoms with van der Waals surface area (Å²) in [5.41, 5.74) is 7.80. The Labute approximate surface area is 140 Å². The zero-order chi connectivity index (χ0) is 14.6. The number of hydrogen-bond donors (Lipinski definition) is 1. The molecule has 0 saturated heterocycles. The number of hydrogen-bond acceptors (Lipinski definition) is 2. The highest BCUT2D eigenvalue weighted by Crippen LogP contribution is 2.42. The second-order valence-electron chi connectivity index (χ2n) is 4.78. The lowest BCUT2D eigenvalue weighted by atomic mass is 10.1. The molecule has 0 unspecified atom stereocenters. The van der Waals surface area contributed by atoms with Crippen molar-refractivity contribution in [2.75, 3.05) is 0 Å². The summed E-state index contributed by atoms with van der Waals surface area (Å²) < 4.78 is 0. The molecule has 2 aromatic carbocycles. The first kappa shape index (κ1) is 17.8. The van der Waals surface area contributed by atoms with Crippen molar-refractivity contribution in [3.8, 4) is 6.07 Å². The fraction of sp³-hybridized carbons (Fsp3) is 0.188. The minimum absolute atomic E-state index is 0. The van der Waals surface area contributed by atoms with E-state index in [1.807, 2.05) is 30.3 Å². The molecule has 2 N–H and O–H groups in total. The predicted molar refractivity (Wildman–Crippen MR) is 90.0 cm³/mol. The summed E-state index contributed by atoms with van der Waals surface area (Å²) in [6.07, 6.45) is 2.21.